The predicted octanol–water partition coefficient (Wildman–Crippen LogP) is 4.69. The van der Waals surface area contributed by atoms with E-state index in [-0.39, 0.29) is 0 Å². The smallest absolute Gasteiger partial charge is 0.119 e. The summed E-state index contributed by atoms with van der Waals surface area (Å²) in [6.07, 6.45) is 4.22. The van der Waals surface area contributed by atoms with Crippen molar-refractivity contribution in [3.8, 4) is 5.75 Å². The second-order valence-electron chi connectivity index (χ2n) is 4.80. The van der Waals surface area contributed by atoms with Crippen LogP contribution in [0.1, 0.15) is 24.0 Å². The Morgan fingerprint density at radius 3 is 2.32 bits per heavy atom. The summed E-state index contributed by atoms with van der Waals surface area (Å²) in [4.78, 5) is 0. The molecule has 0 heterocycles. The molecule has 0 amide bonds. The summed E-state index contributed by atoms with van der Waals surface area (Å²) in [7, 11) is 0. The molecule has 19 heavy (non-hydrogen) atoms. The minimum atomic E-state index is 0.397. The third-order valence-corrected chi connectivity index (χ3v) is 3.51. The van der Waals surface area contributed by atoms with Crippen molar-refractivity contribution >= 4 is 11.4 Å². The summed E-state index contributed by atoms with van der Waals surface area (Å²) in [6.45, 7) is 0. The van der Waals surface area contributed by atoms with Crippen LogP contribution in [0.2, 0.25) is 0 Å². The number of hydrogen-bond donors (Lipinski definition) is 1. The molecule has 3 nitrogen and oxygen atoms in total. The number of azo groups is 1. The van der Waals surface area contributed by atoms with E-state index < -0.39 is 0 Å². The molecule has 3 rings (SSSR count). The third-order valence-electron chi connectivity index (χ3n) is 3.51. The highest BCUT2D eigenvalue weighted by Crippen LogP contribution is 2.36. The molecule has 0 saturated carbocycles. The zero-order valence-electron chi connectivity index (χ0n) is 10.7. The second kappa shape index (κ2) is 5.22. The van der Waals surface area contributed by atoms with Gasteiger partial charge in [0.25, 0.3) is 0 Å². The van der Waals surface area contributed by atoms with Crippen LogP contribution in [0.3, 0.4) is 0 Å². The van der Waals surface area contributed by atoms with E-state index in [1.165, 1.54) is 0 Å². The summed E-state index contributed by atoms with van der Waals surface area (Å²) in [5.74, 6) is 0.397. The van der Waals surface area contributed by atoms with E-state index in [1.807, 2.05) is 36.4 Å². The van der Waals surface area contributed by atoms with Gasteiger partial charge in [-0.25, -0.2) is 0 Å². The van der Waals surface area contributed by atoms with Gasteiger partial charge in [-0.1, -0.05) is 18.2 Å². The van der Waals surface area contributed by atoms with Crippen LogP contribution in [0.4, 0.5) is 11.4 Å². The van der Waals surface area contributed by atoms with Crippen molar-refractivity contribution < 1.29 is 5.11 Å². The summed E-state index contributed by atoms with van der Waals surface area (Å²) in [5.41, 5.74) is 3.94. The van der Waals surface area contributed by atoms with Gasteiger partial charge in [-0.3, -0.25) is 0 Å². The van der Waals surface area contributed by atoms with E-state index in [4.69, 9.17) is 0 Å². The molecule has 2 aromatic carbocycles. The first-order chi connectivity index (χ1) is 9.34. The Morgan fingerprint density at radius 2 is 1.53 bits per heavy atom. The Labute approximate surface area is 112 Å². The van der Waals surface area contributed by atoms with Gasteiger partial charge in [0.05, 0.1) is 11.4 Å². The molecule has 0 saturated heterocycles. The fraction of sp³-hybridized carbons (Fsp3) is 0.250. The van der Waals surface area contributed by atoms with Gasteiger partial charge in [0.2, 0.25) is 0 Å². The zero-order valence-corrected chi connectivity index (χ0v) is 10.7. The average Bonchev–Trinajstić information content (AvgIpc) is 2.48. The highest BCUT2D eigenvalue weighted by atomic mass is 16.3. The molecule has 0 fully saturated rings. The van der Waals surface area contributed by atoms with Crippen molar-refractivity contribution in [3.05, 3.63) is 53.6 Å². The van der Waals surface area contributed by atoms with E-state index in [2.05, 4.69) is 10.2 Å². The maximum atomic E-state index is 9.89. The molecular formula is C16H16N2O. The maximum absolute atomic E-state index is 9.89. The molecule has 0 radical (unpaired) electrons. The molecular weight excluding hydrogens is 236 g/mol. The number of phenolic OH excluding ortho intramolecular Hbond substituents is 1. The minimum absolute atomic E-state index is 0.397. The normalized spacial score (nSPS) is 14.5. The van der Waals surface area contributed by atoms with Gasteiger partial charge in [-0.15, -0.1) is 0 Å². The molecule has 0 spiro atoms. The number of phenols is 1. The van der Waals surface area contributed by atoms with E-state index in [1.54, 1.807) is 6.07 Å². The van der Waals surface area contributed by atoms with Gasteiger partial charge in [0.1, 0.15) is 5.75 Å². The highest BCUT2D eigenvalue weighted by molar-refractivity contribution is 5.56. The Morgan fingerprint density at radius 1 is 0.789 bits per heavy atom. The number of nitrogens with zero attached hydrogens (tertiary/aromatic N) is 2. The lowest BCUT2D eigenvalue weighted by Crippen LogP contribution is -2.02. The maximum Gasteiger partial charge on any atom is 0.119 e. The largest absolute Gasteiger partial charge is 0.508 e. The lowest BCUT2D eigenvalue weighted by molar-refractivity contribution is 0.462. The Balaban J connectivity index is 1.95. The van der Waals surface area contributed by atoms with Crippen molar-refractivity contribution in [1.82, 2.24) is 0 Å². The van der Waals surface area contributed by atoms with Gasteiger partial charge in [-0.05, 0) is 61.1 Å². The molecule has 1 aliphatic rings. The van der Waals surface area contributed by atoms with E-state index in [0.29, 0.717) is 5.75 Å². The van der Waals surface area contributed by atoms with Crippen LogP contribution in [-0.4, -0.2) is 5.11 Å². The molecule has 0 bridgehead atoms. The number of hydrogen-bond acceptors (Lipinski definition) is 3. The van der Waals surface area contributed by atoms with Crippen molar-refractivity contribution in [2.75, 3.05) is 0 Å². The molecule has 3 heteroatoms. The van der Waals surface area contributed by atoms with Crippen molar-refractivity contribution in [2.24, 2.45) is 10.2 Å². The topological polar surface area (TPSA) is 45.0 Å². The molecule has 0 unspecified atom stereocenters. The van der Waals surface area contributed by atoms with Gasteiger partial charge in [-0.2, -0.15) is 10.2 Å². The van der Waals surface area contributed by atoms with Crippen LogP contribution >= 0.6 is 0 Å². The summed E-state index contributed by atoms with van der Waals surface area (Å²) >= 11 is 0. The van der Waals surface area contributed by atoms with Gasteiger partial charge in [0.15, 0.2) is 0 Å². The van der Waals surface area contributed by atoms with Crippen molar-refractivity contribution in [3.63, 3.8) is 0 Å². The van der Waals surface area contributed by atoms with Gasteiger partial charge >= 0.3 is 0 Å². The second-order valence-corrected chi connectivity index (χ2v) is 4.80. The molecule has 0 aromatic heterocycles. The van der Waals surface area contributed by atoms with Gasteiger partial charge < -0.3 is 5.11 Å². The Hall–Kier alpha value is -2.16. The molecule has 96 valence electrons. The van der Waals surface area contributed by atoms with Gasteiger partial charge in [0, 0.05) is 0 Å². The van der Waals surface area contributed by atoms with E-state index in [9.17, 15) is 5.11 Å². The molecule has 1 aliphatic carbocycles. The lowest BCUT2D eigenvalue weighted by atomic mass is 9.90. The van der Waals surface area contributed by atoms with Crippen LogP contribution in [0.5, 0.6) is 5.75 Å². The highest BCUT2D eigenvalue weighted by Gasteiger charge is 2.16. The number of fused-ring (bicyclic) bond motifs is 1. The minimum Gasteiger partial charge on any atom is -0.508 e. The van der Waals surface area contributed by atoms with Crippen LogP contribution in [-0.2, 0) is 12.8 Å². The molecule has 0 aliphatic heterocycles. The van der Waals surface area contributed by atoms with E-state index >= 15 is 0 Å². The first kappa shape index (κ1) is 11.9. The number of aromatic hydroxyl groups is 1. The summed E-state index contributed by atoms with van der Waals surface area (Å²) in [6, 6.07) is 13.3. The first-order valence-corrected chi connectivity index (χ1v) is 6.65. The number of benzene rings is 2. The molecule has 1 N–H and O–H groups in total. The number of rotatable bonds is 2. The monoisotopic (exact) mass is 252 g/mol. The van der Waals surface area contributed by atoms with Crippen LogP contribution in [0.15, 0.2) is 52.7 Å². The molecule has 0 atom stereocenters. The molecule has 2 aromatic rings. The zero-order chi connectivity index (χ0) is 13.1. The fourth-order valence-electron chi connectivity index (χ4n) is 2.53. The van der Waals surface area contributed by atoms with Crippen LogP contribution < -0.4 is 0 Å². The first-order valence-electron chi connectivity index (χ1n) is 6.65. The summed E-state index contributed by atoms with van der Waals surface area (Å²) < 4.78 is 0. The third kappa shape index (κ3) is 2.50. The van der Waals surface area contributed by atoms with Crippen molar-refractivity contribution in [1.29, 1.82) is 0 Å². The predicted molar refractivity (Wildman–Crippen MR) is 75.4 cm³/mol. The quantitative estimate of drug-likeness (QED) is 0.774. The standard InChI is InChI=1S/C16H16N2O/c19-16-11-10-15(13-8-4-5-9-14(13)16)18-17-12-6-2-1-3-7-12/h1-3,6-7,10-11,19H,4-5,8-9H2. The average molecular weight is 252 g/mol. The Bertz CT molecular complexity index is 606. The van der Waals surface area contributed by atoms with Crippen molar-refractivity contribution in [2.45, 2.75) is 25.7 Å². The van der Waals surface area contributed by atoms with E-state index in [0.717, 1.165) is 48.2 Å². The van der Waals surface area contributed by atoms with Crippen LogP contribution in [0.25, 0.3) is 0 Å². The lowest BCUT2D eigenvalue weighted by Gasteiger charge is -2.18. The SMILES string of the molecule is Oc1ccc(N=Nc2ccccc2)c2c1CCCC2. The summed E-state index contributed by atoms with van der Waals surface area (Å²) in [5, 5.41) is 18.5. The Kier molecular flexibility index (Phi) is 3.27. The van der Waals surface area contributed by atoms with Crippen LogP contribution in [0, 0.1) is 0 Å². The fourth-order valence-corrected chi connectivity index (χ4v) is 2.53.